The summed E-state index contributed by atoms with van der Waals surface area (Å²) in [5.74, 6) is 0. The van der Waals surface area contributed by atoms with Crippen molar-refractivity contribution >= 4 is 0 Å². The van der Waals surface area contributed by atoms with Gasteiger partial charge in [-0.05, 0) is 0 Å². The first-order valence-corrected chi connectivity index (χ1v) is 2.59. The number of hydrogen-bond acceptors (Lipinski definition) is 6. The molecule has 0 aliphatic rings. The maximum atomic E-state index is 8.14. The van der Waals surface area contributed by atoms with E-state index < -0.39 is 25.8 Å². The molecule has 0 atom stereocenters. The lowest BCUT2D eigenvalue weighted by atomic mass is 10.7. The maximum Gasteiger partial charge on any atom is 0.178 e. The van der Waals surface area contributed by atoms with Crippen LogP contribution in [0.3, 0.4) is 0 Å². The molecule has 0 aliphatic carbocycles. The normalized spacial score (nSPS) is 11.4. The molecular weight excluding hydrogens is 144 g/mol. The molecule has 6 heteroatoms. The van der Waals surface area contributed by atoms with Crippen molar-refractivity contribution in [3.8, 4) is 0 Å². The first kappa shape index (κ1) is 9.76. The van der Waals surface area contributed by atoms with Crippen molar-refractivity contribution in [3.63, 3.8) is 0 Å². The van der Waals surface area contributed by atoms with Crippen molar-refractivity contribution in [2.24, 2.45) is 0 Å². The third-order valence-electron chi connectivity index (χ3n) is 0.518. The van der Waals surface area contributed by atoms with Crippen LogP contribution in [0.5, 0.6) is 0 Å². The van der Waals surface area contributed by atoms with Gasteiger partial charge in [-0.3, -0.25) is 0 Å². The lowest BCUT2D eigenvalue weighted by molar-refractivity contribution is -0.339. The Labute approximate surface area is 57.2 Å². The van der Waals surface area contributed by atoms with Crippen molar-refractivity contribution < 1.29 is 30.2 Å². The highest BCUT2D eigenvalue weighted by atomic mass is 17.2. The molecule has 0 radical (unpaired) electrons. The van der Waals surface area contributed by atoms with Crippen LogP contribution in [-0.2, 0) is 9.78 Å². The summed E-state index contributed by atoms with van der Waals surface area (Å²) in [7, 11) is 0. The number of rotatable bonds is 5. The molecule has 0 fully saturated rings. The average Bonchev–Trinajstić information content (AvgIpc) is 1.79. The molecule has 0 aliphatic heterocycles. The fourth-order valence-electron chi connectivity index (χ4n) is 0.218. The number of aliphatic hydroxyl groups is 4. The van der Waals surface area contributed by atoms with Crippen LogP contribution in [-0.4, -0.2) is 46.2 Å². The van der Waals surface area contributed by atoms with Gasteiger partial charge in [0, 0.05) is 0 Å². The third kappa shape index (κ3) is 7.76. The predicted octanol–water partition coefficient (Wildman–Crippen LogP) is -2.44. The molecule has 6 nitrogen and oxygen atoms in total. The van der Waals surface area contributed by atoms with Crippen molar-refractivity contribution in [1.82, 2.24) is 0 Å². The van der Waals surface area contributed by atoms with E-state index in [1.165, 1.54) is 0 Å². The van der Waals surface area contributed by atoms with Gasteiger partial charge in [0.05, 0.1) is 0 Å². The van der Waals surface area contributed by atoms with Gasteiger partial charge in [-0.15, -0.1) is 0 Å². The lowest BCUT2D eigenvalue weighted by Crippen LogP contribution is -2.18. The Hall–Kier alpha value is -0.240. The van der Waals surface area contributed by atoms with E-state index in [1.54, 1.807) is 0 Å². The Morgan fingerprint density at radius 3 is 1.30 bits per heavy atom. The summed E-state index contributed by atoms with van der Waals surface area (Å²) in [4.78, 5) is 8.17. The quantitative estimate of drug-likeness (QED) is 0.152. The first-order valence-electron chi connectivity index (χ1n) is 2.59. The first-order chi connectivity index (χ1) is 4.63. The van der Waals surface area contributed by atoms with Gasteiger partial charge in [-0.25, -0.2) is 9.78 Å². The molecule has 0 spiro atoms. The Morgan fingerprint density at radius 1 is 0.800 bits per heavy atom. The zero-order valence-electron chi connectivity index (χ0n) is 5.17. The Balaban J connectivity index is 2.91. The van der Waals surface area contributed by atoms with Gasteiger partial charge >= 0.3 is 0 Å². The second-order valence-corrected chi connectivity index (χ2v) is 1.53. The predicted molar refractivity (Wildman–Crippen MR) is 28.4 cm³/mol. The highest BCUT2D eigenvalue weighted by Crippen LogP contribution is 1.83. The van der Waals surface area contributed by atoms with E-state index in [0.29, 0.717) is 0 Å². The van der Waals surface area contributed by atoms with Crippen molar-refractivity contribution in [2.45, 2.75) is 12.6 Å². The smallest absolute Gasteiger partial charge is 0.178 e. The molecule has 10 heavy (non-hydrogen) atoms. The van der Waals surface area contributed by atoms with Gasteiger partial charge in [0.1, 0.15) is 13.2 Å². The lowest BCUT2D eigenvalue weighted by Gasteiger charge is -2.05. The minimum absolute atomic E-state index is 0.424. The largest absolute Gasteiger partial charge is 0.366 e. The molecule has 0 aromatic rings. The van der Waals surface area contributed by atoms with Gasteiger partial charge < -0.3 is 20.4 Å². The molecule has 4 N–H and O–H groups in total. The van der Waals surface area contributed by atoms with Crippen LogP contribution in [0.15, 0.2) is 0 Å². The van der Waals surface area contributed by atoms with E-state index in [0.717, 1.165) is 0 Å². The van der Waals surface area contributed by atoms with Crippen LogP contribution >= 0.6 is 0 Å². The Morgan fingerprint density at radius 2 is 1.10 bits per heavy atom. The van der Waals surface area contributed by atoms with Gasteiger partial charge in [-0.1, -0.05) is 0 Å². The Bertz CT molecular complexity index is 62.1. The minimum atomic E-state index is -1.61. The summed E-state index contributed by atoms with van der Waals surface area (Å²) < 4.78 is 0. The molecule has 0 aromatic carbocycles. The highest BCUT2D eigenvalue weighted by Gasteiger charge is 2.00. The van der Waals surface area contributed by atoms with E-state index in [-0.39, 0.29) is 0 Å². The van der Waals surface area contributed by atoms with Crippen molar-refractivity contribution in [3.05, 3.63) is 0 Å². The molecule has 62 valence electrons. The average molecular weight is 154 g/mol. The van der Waals surface area contributed by atoms with Crippen LogP contribution in [0, 0.1) is 0 Å². The molecule has 0 bridgehead atoms. The Kier molecular flexibility index (Phi) is 5.40. The van der Waals surface area contributed by atoms with Crippen LogP contribution in [0.4, 0.5) is 0 Å². The summed E-state index contributed by atoms with van der Waals surface area (Å²) in [5, 5.41) is 32.6. The van der Waals surface area contributed by atoms with Gasteiger partial charge in [0.2, 0.25) is 0 Å². The summed E-state index contributed by atoms with van der Waals surface area (Å²) in [6.07, 6.45) is -3.23. The van der Waals surface area contributed by atoms with Crippen molar-refractivity contribution in [2.75, 3.05) is 13.2 Å². The monoisotopic (exact) mass is 154 g/mol. The SMILES string of the molecule is OC(O)COOCC(O)O. The fraction of sp³-hybridized carbons (Fsp3) is 1.00. The molecule has 0 amide bonds. The number of hydrogen-bond donors (Lipinski definition) is 4. The van der Waals surface area contributed by atoms with Gasteiger partial charge in [-0.2, -0.15) is 0 Å². The van der Waals surface area contributed by atoms with E-state index >= 15 is 0 Å². The van der Waals surface area contributed by atoms with E-state index in [9.17, 15) is 0 Å². The van der Waals surface area contributed by atoms with Crippen LogP contribution < -0.4 is 0 Å². The molecule has 0 aromatic heterocycles. The van der Waals surface area contributed by atoms with Crippen LogP contribution in [0.2, 0.25) is 0 Å². The third-order valence-corrected chi connectivity index (χ3v) is 0.518. The topological polar surface area (TPSA) is 99.4 Å². The molecule has 0 saturated carbocycles. The van der Waals surface area contributed by atoms with Crippen LogP contribution in [0.1, 0.15) is 0 Å². The summed E-state index contributed by atoms with van der Waals surface area (Å²) >= 11 is 0. The summed E-state index contributed by atoms with van der Waals surface area (Å²) in [6.45, 7) is -0.848. The zero-order chi connectivity index (χ0) is 7.98. The second kappa shape index (κ2) is 5.54. The number of aliphatic hydroxyl groups excluding tert-OH is 2. The minimum Gasteiger partial charge on any atom is -0.366 e. The fourth-order valence-corrected chi connectivity index (χ4v) is 0.218. The maximum absolute atomic E-state index is 8.14. The second-order valence-electron chi connectivity index (χ2n) is 1.53. The summed E-state index contributed by atoms with van der Waals surface area (Å²) in [6, 6.07) is 0. The van der Waals surface area contributed by atoms with Crippen molar-refractivity contribution in [1.29, 1.82) is 0 Å². The standard InChI is InChI=1S/C4H10O6/c5-3(6)1-9-10-2-4(7)8/h3-8H,1-2H2. The molecule has 0 saturated heterocycles. The van der Waals surface area contributed by atoms with Gasteiger partial charge in [0.25, 0.3) is 0 Å². The molecule has 0 unspecified atom stereocenters. The van der Waals surface area contributed by atoms with Gasteiger partial charge in [0.15, 0.2) is 12.6 Å². The molecule has 0 rings (SSSR count). The molecular formula is C4H10O6. The summed E-state index contributed by atoms with van der Waals surface area (Å²) in [5.41, 5.74) is 0. The van der Waals surface area contributed by atoms with E-state index in [4.69, 9.17) is 20.4 Å². The highest BCUT2D eigenvalue weighted by molar-refractivity contribution is 4.27. The van der Waals surface area contributed by atoms with Crippen LogP contribution in [0.25, 0.3) is 0 Å². The van der Waals surface area contributed by atoms with E-state index in [2.05, 4.69) is 9.78 Å². The van der Waals surface area contributed by atoms with E-state index in [1.807, 2.05) is 0 Å². The zero-order valence-corrected chi connectivity index (χ0v) is 5.17. The molecule has 0 heterocycles.